The largest absolute Gasteiger partial charge is 0.426 e. The minimum absolute atomic E-state index is 0.235. The van der Waals surface area contributed by atoms with E-state index in [1.807, 2.05) is 0 Å². The molecule has 0 unspecified atom stereocenters. The van der Waals surface area contributed by atoms with E-state index in [-0.39, 0.29) is 12.4 Å². The topological polar surface area (TPSA) is 26.3 Å². The van der Waals surface area contributed by atoms with E-state index < -0.39 is 0 Å². The number of carbonyl (C=O) groups excluding carboxylic acids is 1. The van der Waals surface area contributed by atoms with Crippen LogP contribution in [0, 0.1) is 0 Å². The van der Waals surface area contributed by atoms with Crippen molar-refractivity contribution >= 4 is 5.97 Å². The Morgan fingerprint density at radius 2 is 2.00 bits per heavy atom. The molecular weight excluding hydrogens is 152 g/mol. The van der Waals surface area contributed by atoms with E-state index in [1.54, 1.807) is 6.08 Å². The van der Waals surface area contributed by atoms with Gasteiger partial charge in [0, 0.05) is 5.57 Å². The van der Waals surface area contributed by atoms with Gasteiger partial charge in [-0.05, 0) is 11.6 Å². The molecule has 0 radical (unpaired) electrons. The van der Waals surface area contributed by atoms with Gasteiger partial charge >= 0.3 is 5.97 Å². The number of allylic oxidation sites excluding steroid dienone is 3. The molecule has 0 aromatic carbocycles. The van der Waals surface area contributed by atoms with Crippen molar-refractivity contribution in [3.63, 3.8) is 0 Å². The molecule has 12 heavy (non-hydrogen) atoms. The predicted molar refractivity (Wildman–Crippen MR) is 47.3 cm³/mol. The van der Waals surface area contributed by atoms with E-state index in [0.717, 1.165) is 11.1 Å². The van der Waals surface area contributed by atoms with Gasteiger partial charge in [0.05, 0.1) is 6.42 Å². The zero-order valence-electron chi connectivity index (χ0n) is 6.80. The van der Waals surface area contributed by atoms with E-state index in [2.05, 4.69) is 19.7 Å². The van der Waals surface area contributed by atoms with Crippen LogP contribution in [0.3, 0.4) is 0 Å². The first-order valence-corrected chi connectivity index (χ1v) is 3.57. The lowest BCUT2D eigenvalue weighted by atomic mass is 10.0. The van der Waals surface area contributed by atoms with E-state index in [0.29, 0.717) is 5.76 Å². The fourth-order valence-corrected chi connectivity index (χ4v) is 1.05. The van der Waals surface area contributed by atoms with Gasteiger partial charge in [-0.2, -0.15) is 0 Å². The molecule has 0 aromatic heterocycles. The number of rotatable bonds is 2. The zero-order chi connectivity index (χ0) is 9.14. The van der Waals surface area contributed by atoms with Crippen molar-refractivity contribution in [1.29, 1.82) is 0 Å². The molecule has 1 aliphatic rings. The lowest BCUT2D eigenvalue weighted by molar-refractivity contribution is -0.138. The summed E-state index contributed by atoms with van der Waals surface area (Å²) in [6, 6.07) is 0. The normalized spacial score (nSPS) is 17.3. The molecule has 0 atom stereocenters. The zero-order valence-corrected chi connectivity index (χ0v) is 6.80. The van der Waals surface area contributed by atoms with Crippen molar-refractivity contribution in [3.05, 3.63) is 48.8 Å². The third kappa shape index (κ3) is 1.37. The number of cyclic esters (lactones) is 1. The Morgan fingerprint density at radius 3 is 2.50 bits per heavy atom. The summed E-state index contributed by atoms with van der Waals surface area (Å²) in [6.07, 6.45) is 3.34. The average Bonchev–Trinajstić information content (AvgIpc) is 2.03. The second-order valence-corrected chi connectivity index (χ2v) is 2.44. The van der Waals surface area contributed by atoms with E-state index in [1.165, 1.54) is 6.08 Å². The van der Waals surface area contributed by atoms with Crippen LogP contribution >= 0.6 is 0 Å². The van der Waals surface area contributed by atoms with Crippen molar-refractivity contribution in [2.45, 2.75) is 6.42 Å². The molecule has 0 N–H and O–H groups in total. The summed E-state index contributed by atoms with van der Waals surface area (Å²) in [5.41, 5.74) is 1.50. The van der Waals surface area contributed by atoms with Crippen molar-refractivity contribution in [2.75, 3.05) is 0 Å². The number of esters is 1. The minimum Gasteiger partial charge on any atom is -0.426 e. The molecule has 2 nitrogen and oxygen atoms in total. The third-order valence-corrected chi connectivity index (χ3v) is 1.62. The maximum Gasteiger partial charge on any atom is 0.315 e. The smallest absolute Gasteiger partial charge is 0.315 e. The van der Waals surface area contributed by atoms with Crippen LogP contribution in [0.2, 0.25) is 0 Å². The van der Waals surface area contributed by atoms with Crippen LogP contribution in [0.1, 0.15) is 6.42 Å². The van der Waals surface area contributed by atoms with Crippen LogP contribution in [0.5, 0.6) is 0 Å². The summed E-state index contributed by atoms with van der Waals surface area (Å²) in [5, 5.41) is 0. The second kappa shape index (κ2) is 3.22. The number of hydrogen-bond acceptors (Lipinski definition) is 2. The van der Waals surface area contributed by atoms with Gasteiger partial charge in [0.15, 0.2) is 0 Å². The van der Waals surface area contributed by atoms with Gasteiger partial charge in [0.2, 0.25) is 0 Å². The molecule has 0 saturated heterocycles. The summed E-state index contributed by atoms with van der Waals surface area (Å²) in [7, 11) is 0. The summed E-state index contributed by atoms with van der Waals surface area (Å²) < 4.78 is 4.90. The highest BCUT2D eigenvalue weighted by Crippen LogP contribution is 2.25. The predicted octanol–water partition coefficient (Wildman–Crippen LogP) is 2.12. The summed E-state index contributed by atoms with van der Waals surface area (Å²) >= 11 is 0. The molecule has 0 amide bonds. The molecule has 62 valence electrons. The van der Waals surface area contributed by atoms with Crippen LogP contribution in [-0.2, 0) is 9.53 Å². The van der Waals surface area contributed by atoms with Crippen molar-refractivity contribution < 1.29 is 9.53 Å². The SMILES string of the molecule is C=CC1=C(C=C)C(=C)CC(=O)O1. The Hall–Kier alpha value is -1.57. The molecule has 0 fully saturated rings. The Balaban J connectivity index is 3.13. The van der Waals surface area contributed by atoms with Gasteiger partial charge in [0.1, 0.15) is 5.76 Å². The van der Waals surface area contributed by atoms with Crippen LogP contribution in [0.4, 0.5) is 0 Å². The van der Waals surface area contributed by atoms with E-state index in [9.17, 15) is 4.79 Å². The van der Waals surface area contributed by atoms with Crippen LogP contribution in [-0.4, -0.2) is 5.97 Å². The Bertz CT molecular complexity index is 295. The number of carbonyl (C=O) groups is 1. The van der Waals surface area contributed by atoms with Gasteiger partial charge in [-0.1, -0.05) is 25.8 Å². The minimum atomic E-state index is -0.291. The van der Waals surface area contributed by atoms with Crippen LogP contribution in [0.15, 0.2) is 48.8 Å². The average molecular weight is 162 g/mol. The van der Waals surface area contributed by atoms with Gasteiger partial charge in [0.25, 0.3) is 0 Å². The molecule has 2 heteroatoms. The first-order chi connectivity index (χ1) is 5.69. The van der Waals surface area contributed by atoms with E-state index >= 15 is 0 Å². The Kier molecular flexibility index (Phi) is 2.29. The highest BCUT2D eigenvalue weighted by atomic mass is 16.5. The Labute approximate surface area is 71.5 Å². The van der Waals surface area contributed by atoms with Crippen LogP contribution in [0.25, 0.3) is 0 Å². The maximum atomic E-state index is 10.9. The highest BCUT2D eigenvalue weighted by molar-refractivity contribution is 5.78. The van der Waals surface area contributed by atoms with Crippen molar-refractivity contribution in [2.24, 2.45) is 0 Å². The van der Waals surface area contributed by atoms with Crippen LogP contribution < -0.4 is 0 Å². The first-order valence-electron chi connectivity index (χ1n) is 3.57. The van der Waals surface area contributed by atoms with Crippen molar-refractivity contribution in [3.8, 4) is 0 Å². The molecule has 0 aromatic rings. The highest BCUT2D eigenvalue weighted by Gasteiger charge is 2.19. The standard InChI is InChI=1S/C10H10O2/c1-4-8-7(3)6-10(11)12-9(8)5-2/h4-5H,1-3,6H2. The molecule has 1 rings (SSSR count). The van der Waals surface area contributed by atoms with Gasteiger partial charge < -0.3 is 4.74 Å². The lowest BCUT2D eigenvalue weighted by Crippen LogP contribution is -2.12. The summed E-state index contributed by atoms with van der Waals surface area (Å²) in [5.74, 6) is 0.159. The monoisotopic (exact) mass is 162 g/mol. The van der Waals surface area contributed by atoms with Crippen molar-refractivity contribution in [1.82, 2.24) is 0 Å². The quantitative estimate of drug-likeness (QED) is 0.581. The summed E-state index contributed by atoms with van der Waals surface area (Å²) in [4.78, 5) is 10.9. The lowest BCUT2D eigenvalue weighted by Gasteiger charge is -2.16. The molecular formula is C10H10O2. The summed E-state index contributed by atoms with van der Waals surface area (Å²) in [6.45, 7) is 10.9. The van der Waals surface area contributed by atoms with Gasteiger partial charge in [-0.3, -0.25) is 4.79 Å². The molecule has 0 bridgehead atoms. The molecule has 1 heterocycles. The fraction of sp³-hybridized carbons (Fsp3) is 0.100. The van der Waals surface area contributed by atoms with Gasteiger partial charge in [-0.15, -0.1) is 0 Å². The van der Waals surface area contributed by atoms with E-state index in [4.69, 9.17) is 4.74 Å². The number of hydrogen-bond donors (Lipinski definition) is 0. The maximum absolute atomic E-state index is 10.9. The second-order valence-electron chi connectivity index (χ2n) is 2.44. The molecule has 0 saturated carbocycles. The Morgan fingerprint density at radius 1 is 1.33 bits per heavy atom. The first kappa shape index (κ1) is 8.53. The fourth-order valence-electron chi connectivity index (χ4n) is 1.05. The molecule has 0 aliphatic carbocycles. The number of ether oxygens (including phenoxy) is 1. The third-order valence-electron chi connectivity index (χ3n) is 1.62. The molecule has 1 aliphatic heterocycles. The van der Waals surface area contributed by atoms with Gasteiger partial charge in [-0.25, -0.2) is 0 Å². The molecule has 0 spiro atoms.